The second kappa shape index (κ2) is 5.25. The van der Waals surface area contributed by atoms with Gasteiger partial charge >= 0.3 is 0 Å². The molecule has 1 heterocycles. The molecule has 0 atom stereocenters. The number of nitrogens with zero attached hydrogens (tertiary/aromatic N) is 2. The number of nitriles is 1. The van der Waals surface area contributed by atoms with Gasteiger partial charge in [-0.15, -0.1) is 0 Å². The Bertz CT molecular complexity index is 636. The van der Waals surface area contributed by atoms with Crippen LogP contribution in [0.25, 0.3) is 0 Å². The highest BCUT2D eigenvalue weighted by molar-refractivity contribution is 9.10. The standard InChI is InChI=1S/C12H8BrClN4/c13-8-5-7(6-15)1-3-10(8)17-12-9(16)2-4-11(14)18-12/h1-5H,16H2,(H,17,18). The van der Waals surface area contributed by atoms with E-state index in [4.69, 9.17) is 22.6 Å². The van der Waals surface area contributed by atoms with Crippen LogP contribution in [0.1, 0.15) is 5.56 Å². The molecule has 0 fully saturated rings. The van der Waals surface area contributed by atoms with Crippen molar-refractivity contribution in [2.75, 3.05) is 11.1 Å². The van der Waals surface area contributed by atoms with E-state index < -0.39 is 0 Å². The maximum atomic E-state index is 8.78. The van der Waals surface area contributed by atoms with Crippen LogP contribution in [0.15, 0.2) is 34.8 Å². The number of anilines is 3. The van der Waals surface area contributed by atoms with Crippen molar-refractivity contribution in [2.45, 2.75) is 0 Å². The largest absolute Gasteiger partial charge is 0.396 e. The first-order valence-corrected chi connectivity index (χ1v) is 6.16. The second-order valence-corrected chi connectivity index (χ2v) is 4.74. The zero-order valence-corrected chi connectivity index (χ0v) is 11.5. The Morgan fingerprint density at radius 2 is 2.11 bits per heavy atom. The van der Waals surface area contributed by atoms with E-state index >= 15 is 0 Å². The molecule has 0 saturated carbocycles. The smallest absolute Gasteiger partial charge is 0.155 e. The lowest BCUT2D eigenvalue weighted by Gasteiger charge is -2.10. The Morgan fingerprint density at radius 1 is 1.33 bits per heavy atom. The Kier molecular flexibility index (Phi) is 3.70. The van der Waals surface area contributed by atoms with Crippen LogP contribution >= 0.6 is 27.5 Å². The number of nitrogens with one attached hydrogen (secondary N) is 1. The molecule has 2 aromatic rings. The predicted octanol–water partition coefficient (Wildman–Crippen LogP) is 3.69. The molecule has 1 aromatic carbocycles. The monoisotopic (exact) mass is 322 g/mol. The summed E-state index contributed by atoms with van der Waals surface area (Å²) in [6.45, 7) is 0. The third-order valence-corrected chi connectivity index (χ3v) is 3.11. The first-order valence-electron chi connectivity index (χ1n) is 4.99. The number of hydrogen-bond acceptors (Lipinski definition) is 4. The SMILES string of the molecule is N#Cc1ccc(Nc2nc(Cl)ccc2N)c(Br)c1. The molecule has 0 bridgehead atoms. The number of rotatable bonds is 2. The van der Waals surface area contributed by atoms with Crippen molar-refractivity contribution < 1.29 is 0 Å². The van der Waals surface area contributed by atoms with Crippen LogP contribution in [-0.4, -0.2) is 4.98 Å². The fraction of sp³-hybridized carbons (Fsp3) is 0. The van der Waals surface area contributed by atoms with Crippen LogP contribution in [-0.2, 0) is 0 Å². The van der Waals surface area contributed by atoms with Gasteiger partial charge in [0.1, 0.15) is 5.15 Å². The molecule has 18 heavy (non-hydrogen) atoms. The van der Waals surface area contributed by atoms with Gasteiger partial charge in [-0.3, -0.25) is 0 Å². The van der Waals surface area contributed by atoms with Gasteiger partial charge in [0, 0.05) is 4.47 Å². The van der Waals surface area contributed by atoms with Crippen molar-refractivity contribution in [3.63, 3.8) is 0 Å². The first kappa shape index (κ1) is 12.7. The van der Waals surface area contributed by atoms with Gasteiger partial charge in [0.2, 0.25) is 0 Å². The van der Waals surface area contributed by atoms with Crippen molar-refractivity contribution in [1.29, 1.82) is 5.26 Å². The quantitative estimate of drug-likeness (QED) is 0.826. The van der Waals surface area contributed by atoms with Crippen LogP contribution in [0.3, 0.4) is 0 Å². The van der Waals surface area contributed by atoms with Crippen LogP contribution in [0, 0.1) is 11.3 Å². The summed E-state index contributed by atoms with van der Waals surface area (Å²) in [7, 11) is 0. The molecule has 0 radical (unpaired) electrons. The highest BCUT2D eigenvalue weighted by Crippen LogP contribution is 2.29. The van der Waals surface area contributed by atoms with Crippen LogP contribution < -0.4 is 11.1 Å². The lowest BCUT2D eigenvalue weighted by atomic mass is 10.2. The maximum absolute atomic E-state index is 8.78. The molecule has 6 heteroatoms. The molecular formula is C12H8BrClN4. The Hall–Kier alpha value is -1.77. The molecule has 0 aliphatic carbocycles. The summed E-state index contributed by atoms with van der Waals surface area (Å²) in [6.07, 6.45) is 0. The molecule has 0 unspecified atom stereocenters. The first-order chi connectivity index (χ1) is 8.60. The average Bonchev–Trinajstić information content (AvgIpc) is 2.36. The number of benzene rings is 1. The molecule has 1 aromatic heterocycles. The molecule has 2 rings (SSSR count). The van der Waals surface area contributed by atoms with E-state index in [1.165, 1.54) is 0 Å². The third-order valence-electron chi connectivity index (χ3n) is 2.24. The number of nitrogens with two attached hydrogens (primary N) is 1. The van der Waals surface area contributed by atoms with Crippen molar-refractivity contribution in [3.8, 4) is 6.07 Å². The molecule has 0 saturated heterocycles. The zero-order chi connectivity index (χ0) is 13.1. The highest BCUT2D eigenvalue weighted by Gasteiger charge is 2.06. The zero-order valence-electron chi connectivity index (χ0n) is 9.11. The van der Waals surface area contributed by atoms with Crippen molar-refractivity contribution in [2.24, 2.45) is 0 Å². The van der Waals surface area contributed by atoms with E-state index in [1.807, 2.05) is 0 Å². The summed E-state index contributed by atoms with van der Waals surface area (Å²) < 4.78 is 0.753. The second-order valence-electron chi connectivity index (χ2n) is 3.50. The summed E-state index contributed by atoms with van der Waals surface area (Å²) in [5.74, 6) is 0.480. The number of halogens is 2. The van der Waals surface area contributed by atoms with E-state index in [0.29, 0.717) is 22.2 Å². The number of nitrogen functional groups attached to an aromatic ring is 1. The van der Waals surface area contributed by atoms with Crippen LogP contribution in [0.5, 0.6) is 0 Å². The van der Waals surface area contributed by atoms with Gasteiger partial charge in [-0.1, -0.05) is 11.6 Å². The van der Waals surface area contributed by atoms with Crippen LogP contribution in [0.4, 0.5) is 17.2 Å². The molecule has 90 valence electrons. The highest BCUT2D eigenvalue weighted by atomic mass is 79.9. The Labute approximate surface area is 118 Å². The summed E-state index contributed by atoms with van der Waals surface area (Å²) in [5, 5.41) is 12.2. The normalized spacial score (nSPS) is 9.83. The molecule has 3 N–H and O–H groups in total. The van der Waals surface area contributed by atoms with E-state index in [2.05, 4.69) is 32.3 Å². The van der Waals surface area contributed by atoms with Gasteiger partial charge in [-0.05, 0) is 46.3 Å². The Morgan fingerprint density at radius 3 is 2.78 bits per heavy atom. The lowest BCUT2D eigenvalue weighted by Crippen LogP contribution is -1.99. The number of pyridine rings is 1. The topological polar surface area (TPSA) is 74.7 Å². The van der Waals surface area contributed by atoms with Gasteiger partial charge < -0.3 is 11.1 Å². The predicted molar refractivity (Wildman–Crippen MR) is 75.8 cm³/mol. The number of hydrogen-bond donors (Lipinski definition) is 2. The summed E-state index contributed by atoms with van der Waals surface area (Å²) in [5.41, 5.74) is 7.62. The van der Waals surface area contributed by atoms with E-state index in [9.17, 15) is 0 Å². The summed E-state index contributed by atoms with van der Waals surface area (Å²) in [4.78, 5) is 4.10. The fourth-order valence-corrected chi connectivity index (χ4v) is 1.99. The summed E-state index contributed by atoms with van der Waals surface area (Å²) in [6, 6.07) is 10.5. The minimum Gasteiger partial charge on any atom is -0.396 e. The van der Waals surface area contributed by atoms with Crippen molar-refractivity contribution in [3.05, 3.63) is 45.5 Å². The van der Waals surface area contributed by atoms with E-state index in [-0.39, 0.29) is 0 Å². The van der Waals surface area contributed by atoms with Gasteiger partial charge in [-0.25, -0.2) is 4.98 Å². The minimum absolute atomic E-state index is 0.358. The van der Waals surface area contributed by atoms with Gasteiger partial charge in [0.25, 0.3) is 0 Å². The van der Waals surface area contributed by atoms with Gasteiger partial charge in [0.15, 0.2) is 5.82 Å². The molecule has 0 aliphatic rings. The molecule has 0 aliphatic heterocycles. The fourth-order valence-electron chi connectivity index (χ4n) is 1.36. The summed E-state index contributed by atoms with van der Waals surface area (Å²) >= 11 is 9.18. The van der Waals surface area contributed by atoms with E-state index in [1.54, 1.807) is 30.3 Å². The van der Waals surface area contributed by atoms with Gasteiger partial charge in [-0.2, -0.15) is 5.26 Å². The lowest BCUT2D eigenvalue weighted by molar-refractivity contribution is 1.31. The van der Waals surface area contributed by atoms with Crippen molar-refractivity contribution in [1.82, 2.24) is 4.98 Å². The van der Waals surface area contributed by atoms with E-state index in [0.717, 1.165) is 10.2 Å². The molecule has 4 nitrogen and oxygen atoms in total. The Balaban J connectivity index is 2.34. The minimum atomic E-state index is 0.358. The average molecular weight is 324 g/mol. The third kappa shape index (κ3) is 2.73. The van der Waals surface area contributed by atoms with Gasteiger partial charge in [0.05, 0.1) is 23.0 Å². The number of aromatic nitrogens is 1. The molecule has 0 spiro atoms. The van der Waals surface area contributed by atoms with Crippen LogP contribution in [0.2, 0.25) is 5.15 Å². The molecular weight excluding hydrogens is 316 g/mol. The maximum Gasteiger partial charge on any atom is 0.155 e. The van der Waals surface area contributed by atoms with Crippen molar-refractivity contribution >= 4 is 44.7 Å². The molecule has 0 amide bonds.